The van der Waals surface area contributed by atoms with Gasteiger partial charge in [-0.15, -0.1) is 0 Å². The lowest BCUT2D eigenvalue weighted by Gasteiger charge is -1.88. The number of alkyl halides is 2. The molecule has 56 valence electrons. The second-order valence-corrected chi connectivity index (χ2v) is 3.04. The molecule has 0 amide bonds. The summed E-state index contributed by atoms with van der Waals surface area (Å²) < 4.78 is 35.4. The van der Waals surface area contributed by atoms with Crippen LogP contribution < -0.4 is 0 Å². The van der Waals surface area contributed by atoms with Crippen molar-refractivity contribution in [1.82, 2.24) is 4.98 Å². The van der Waals surface area contributed by atoms with E-state index in [2.05, 4.69) is 4.98 Å². The summed E-state index contributed by atoms with van der Waals surface area (Å²) in [6.45, 7) is 0. The lowest BCUT2D eigenvalue weighted by molar-refractivity contribution is 0.150. The summed E-state index contributed by atoms with van der Waals surface area (Å²) in [6, 6.07) is 0. The van der Waals surface area contributed by atoms with Gasteiger partial charge >= 0.3 is 0 Å². The van der Waals surface area contributed by atoms with Crippen molar-refractivity contribution < 1.29 is 13.2 Å². The van der Waals surface area contributed by atoms with E-state index in [1.54, 1.807) is 0 Å². The number of rotatable bonds is 1. The third-order valence-corrected chi connectivity index (χ3v) is 1.92. The van der Waals surface area contributed by atoms with Crippen molar-refractivity contribution >= 4 is 22.9 Å². The molecule has 0 unspecified atom stereocenters. The summed E-state index contributed by atoms with van der Waals surface area (Å²) in [5.41, 5.74) is 0. The Kier molecular flexibility index (Phi) is 2.15. The second kappa shape index (κ2) is 2.75. The molecule has 1 aromatic rings. The maximum atomic E-state index is 12.2. The molecule has 0 aliphatic heterocycles. The fourth-order valence-corrected chi connectivity index (χ4v) is 1.27. The molecule has 0 radical (unpaired) electrons. The third kappa shape index (κ3) is 1.41. The highest BCUT2D eigenvalue weighted by Gasteiger charge is 2.18. The summed E-state index contributed by atoms with van der Waals surface area (Å²) in [5.74, 6) is -1.18. The molecule has 1 aromatic heterocycles. The topological polar surface area (TPSA) is 12.9 Å². The van der Waals surface area contributed by atoms with Crippen LogP contribution in [0.4, 0.5) is 13.2 Å². The van der Waals surface area contributed by atoms with Crippen LogP contribution >= 0.6 is 22.9 Å². The number of hydrogen-bond acceptors (Lipinski definition) is 2. The Labute approximate surface area is 63.5 Å². The predicted octanol–water partition coefficient (Wildman–Crippen LogP) is 2.87. The molecule has 0 aliphatic rings. The van der Waals surface area contributed by atoms with Crippen molar-refractivity contribution in [1.29, 1.82) is 0 Å². The number of nitrogens with zero attached hydrogens (tertiary/aromatic N) is 1. The molecule has 0 spiro atoms. The molecule has 10 heavy (non-hydrogen) atoms. The van der Waals surface area contributed by atoms with Gasteiger partial charge in [-0.3, -0.25) is 0 Å². The first-order valence-electron chi connectivity index (χ1n) is 2.21. The molecule has 0 N–H and O–H groups in total. The summed E-state index contributed by atoms with van der Waals surface area (Å²) in [7, 11) is 0. The molecule has 6 heteroatoms. The van der Waals surface area contributed by atoms with Crippen LogP contribution in [-0.2, 0) is 0 Å². The van der Waals surface area contributed by atoms with Gasteiger partial charge in [0.2, 0.25) is 5.95 Å². The summed E-state index contributed by atoms with van der Waals surface area (Å²) in [6.07, 6.45) is -2.83. The SMILES string of the molecule is Fc1nc(Cl)sc1C(F)F. The van der Waals surface area contributed by atoms with Gasteiger partial charge < -0.3 is 0 Å². The number of thiazole rings is 1. The Hall–Kier alpha value is -0.290. The average Bonchev–Trinajstić information content (AvgIpc) is 2.10. The van der Waals surface area contributed by atoms with Crippen LogP contribution in [0, 0.1) is 5.95 Å². The number of hydrogen-bond donors (Lipinski definition) is 0. The van der Waals surface area contributed by atoms with Crippen LogP contribution in [0.1, 0.15) is 11.3 Å². The van der Waals surface area contributed by atoms with Crippen molar-refractivity contribution in [3.05, 3.63) is 15.3 Å². The minimum absolute atomic E-state index is 0.201. The first-order chi connectivity index (χ1) is 4.61. The molecular weight excluding hydrogens is 187 g/mol. The van der Waals surface area contributed by atoms with Gasteiger partial charge in [0.15, 0.2) is 4.47 Å². The molecule has 1 nitrogen and oxygen atoms in total. The summed E-state index contributed by atoms with van der Waals surface area (Å²) in [4.78, 5) is 2.27. The Morgan fingerprint density at radius 3 is 2.30 bits per heavy atom. The number of halogens is 4. The molecular formula is C4HClF3NS. The van der Waals surface area contributed by atoms with Gasteiger partial charge in [0.05, 0.1) is 0 Å². The molecule has 0 atom stereocenters. The maximum absolute atomic E-state index is 12.2. The van der Waals surface area contributed by atoms with Crippen LogP contribution in [0.5, 0.6) is 0 Å². The van der Waals surface area contributed by atoms with E-state index in [1.807, 2.05) is 0 Å². The molecule has 0 aliphatic carbocycles. The third-order valence-electron chi connectivity index (χ3n) is 0.782. The Balaban J connectivity index is 3.03. The number of aromatic nitrogens is 1. The first kappa shape index (κ1) is 7.81. The molecule has 0 aromatic carbocycles. The van der Waals surface area contributed by atoms with Crippen LogP contribution in [0.15, 0.2) is 0 Å². The second-order valence-electron chi connectivity index (χ2n) is 1.42. The summed E-state index contributed by atoms with van der Waals surface area (Å²) >= 11 is 5.60. The highest BCUT2D eigenvalue weighted by Crippen LogP contribution is 2.30. The van der Waals surface area contributed by atoms with Crippen molar-refractivity contribution in [2.75, 3.05) is 0 Å². The molecule has 0 saturated heterocycles. The van der Waals surface area contributed by atoms with Gasteiger partial charge in [-0.05, 0) is 0 Å². The van der Waals surface area contributed by atoms with Gasteiger partial charge in [-0.2, -0.15) is 9.37 Å². The van der Waals surface area contributed by atoms with E-state index >= 15 is 0 Å². The Morgan fingerprint density at radius 2 is 2.10 bits per heavy atom. The molecule has 0 saturated carbocycles. The monoisotopic (exact) mass is 187 g/mol. The van der Waals surface area contributed by atoms with Gasteiger partial charge in [-0.25, -0.2) is 8.78 Å². The van der Waals surface area contributed by atoms with Crippen molar-refractivity contribution in [2.24, 2.45) is 0 Å². The minimum Gasteiger partial charge on any atom is -0.204 e. The zero-order chi connectivity index (χ0) is 7.72. The highest BCUT2D eigenvalue weighted by molar-refractivity contribution is 7.15. The van der Waals surface area contributed by atoms with Crippen LogP contribution in [-0.4, -0.2) is 4.98 Å². The fraction of sp³-hybridized carbons (Fsp3) is 0.250. The Morgan fingerprint density at radius 1 is 1.50 bits per heavy atom. The smallest absolute Gasteiger partial charge is 0.204 e. The van der Waals surface area contributed by atoms with E-state index < -0.39 is 17.3 Å². The van der Waals surface area contributed by atoms with E-state index in [9.17, 15) is 13.2 Å². The predicted molar refractivity (Wildman–Crippen MR) is 32.0 cm³/mol. The lowest BCUT2D eigenvalue weighted by atomic mass is 10.6. The van der Waals surface area contributed by atoms with Crippen molar-refractivity contribution in [3.63, 3.8) is 0 Å². The van der Waals surface area contributed by atoms with Crippen LogP contribution in [0.3, 0.4) is 0 Å². The Bertz CT molecular complexity index is 236. The highest BCUT2D eigenvalue weighted by atomic mass is 35.5. The normalized spacial score (nSPS) is 10.9. The van der Waals surface area contributed by atoms with Crippen molar-refractivity contribution in [3.8, 4) is 0 Å². The first-order valence-corrected chi connectivity index (χ1v) is 3.40. The molecule has 1 rings (SSSR count). The quantitative estimate of drug-likeness (QED) is 0.659. The van der Waals surface area contributed by atoms with Gasteiger partial charge in [0.1, 0.15) is 4.88 Å². The minimum atomic E-state index is -2.83. The molecule has 0 fully saturated rings. The standard InChI is InChI=1S/C4HClF3NS/c5-4-9-3(8)1(10-4)2(6)7/h2H. The van der Waals surface area contributed by atoms with Gasteiger partial charge in [0.25, 0.3) is 6.43 Å². The maximum Gasteiger partial charge on any atom is 0.277 e. The van der Waals surface area contributed by atoms with Crippen molar-refractivity contribution in [2.45, 2.75) is 6.43 Å². The van der Waals surface area contributed by atoms with Crippen LogP contribution in [0.25, 0.3) is 0 Å². The average molecular weight is 188 g/mol. The largest absolute Gasteiger partial charge is 0.277 e. The fourth-order valence-electron chi connectivity index (χ4n) is 0.423. The van der Waals surface area contributed by atoms with E-state index in [0.717, 1.165) is 0 Å². The van der Waals surface area contributed by atoms with Gasteiger partial charge in [-0.1, -0.05) is 22.9 Å². The van der Waals surface area contributed by atoms with E-state index in [4.69, 9.17) is 11.6 Å². The zero-order valence-electron chi connectivity index (χ0n) is 4.44. The molecule has 1 heterocycles. The molecule has 0 bridgehead atoms. The van der Waals surface area contributed by atoms with E-state index in [-0.39, 0.29) is 4.47 Å². The van der Waals surface area contributed by atoms with Gasteiger partial charge in [0, 0.05) is 0 Å². The zero-order valence-corrected chi connectivity index (χ0v) is 6.02. The summed E-state index contributed by atoms with van der Waals surface area (Å²) in [5, 5.41) is 0. The lowest BCUT2D eigenvalue weighted by Crippen LogP contribution is -1.82. The van der Waals surface area contributed by atoms with E-state index in [1.165, 1.54) is 0 Å². The van der Waals surface area contributed by atoms with E-state index in [0.29, 0.717) is 11.3 Å². The van der Waals surface area contributed by atoms with Crippen LogP contribution in [0.2, 0.25) is 4.47 Å².